The first-order chi connectivity index (χ1) is 8.63. The Hall–Kier alpha value is -1.07. The molecule has 1 unspecified atom stereocenters. The van der Waals surface area contributed by atoms with Gasteiger partial charge in [-0.05, 0) is 37.7 Å². The second-order valence-electron chi connectivity index (χ2n) is 4.46. The number of rotatable bonds is 3. The van der Waals surface area contributed by atoms with Crippen LogP contribution in [0.3, 0.4) is 0 Å². The number of amides is 1. The van der Waals surface area contributed by atoms with E-state index in [1.54, 1.807) is 0 Å². The fraction of sp³-hybridized carbons (Fsp3) is 0.462. The van der Waals surface area contributed by atoms with Gasteiger partial charge >= 0.3 is 0 Å². The average Bonchev–Trinajstić information content (AvgIpc) is 2.34. The standard InChI is InChI=1S/C13H18BrN3O/c1-9-13(18)16-5-6-17(9)12-4-3-11(14)7-10(12)8-15-2/h3-4,7,9,15H,5-6,8H2,1-2H3,(H,16,18). The number of benzene rings is 1. The lowest BCUT2D eigenvalue weighted by molar-refractivity contribution is -0.122. The van der Waals surface area contributed by atoms with Gasteiger partial charge in [0, 0.05) is 29.8 Å². The van der Waals surface area contributed by atoms with Gasteiger partial charge < -0.3 is 15.5 Å². The minimum atomic E-state index is -0.115. The smallest absolute Gasteiger partial charge is 0.242 e. The van der Waals surface area contributed by atoms with Crippen molar-refractivity contribution in [1.82, 2.24) is 10.6 Å². The molecule has 1 amide bonds. The summed E-state index contributed by atoms with van der Waals surface area (Å²) in [4.78, 5) is 13.9. The summed E-state index contributed by atoms with van der Waals surface area (Å²) < 4.78 is 1.06. The van der Waals surface area contributed by atoms with E-state index >= 15 is 0 Å². The van der Waals surface area contributed by atoms with E-state index < -0.39 is 0 Å². The molecule has 5 heteroatoms. The summed E-state index contributed by atoms with van der Waals surface area (Å²) in [5.41, 5.74) is 2.34. The van der Waals surface area contributed by atoms with Crippen LogP contribution in [-0.2, 0) is 11.3 Å². The van der Waals surface area contributed by atoms with Crippen LogP contribution in [0.1, 0.15) is 12.5 Å². The van der Waals surface area contributed by atoms with E-state index in [0.717, 1.165) is 23.2 Å². The van der Waals surface area contributed by atoms with Crippen LogP contribution in [0.5, 0.6) is 0 Å². The minimum Gasteiger partial charge on any atom is -0.358 e. The van der Waals surface area contributed by atoms with Gasteiger partial charge in [-0.1, -0.05) is 15.9 Å². The van der Waals surface area contributed by atoms with Crippen LogP contribution < -0.4 is 15.5 Å². The van der Waals surface area contributed by atoms with Gasteiger partial charge in [-0.2, -0.15) is 0 Å². The van der Waals surface area contributed by atoms with Crippen LogP contribution in [0, 0.1) is 0 Å². The molecule has 0 aromatic heterocycles. The molecule has 1 aliphatic rings. The van der Waals surface area contributed by atoms with Gasteiger partial charge in [0.05, 0.1) is 0 Å². The maximum Gasteiger partial charge on any atom is 0.242 e. The molecule has 98 valence electrons. The van der Waals surface area contributed by atoms with Crippen LogP contribution in [0.15, 0.2) is 22.7 Å². The third-order valence-corrected chi connectivity index (χ3v) is 3.71. The van der Waals surface area contributed by atoms with Gasteiger partial charge in [0.15, 0.2) is 0 Å². The van der Waals surface area contributed by atoms with Crippen molar-refractivity contribution in [2.45, 2.75) is 19.5 Å². The van der Waals surface area contributed by atoms with Crippen molar-refractivity contribution in [3.63, 3.8) is 0 Å². The van der Waals surface area contributed by atoms with Gasteiger partial charge in [0.1, 0.15) is 6.04 Å². The highest BCUT2D eigenvalue weighted by Gasteiger charge is 2.26. The first kappa shape index (κ1) is 13.4. The van der Waals surface area contributed by atoms with Gasteiger partial charge in [-0.15, -0.1) is 0 Å². The first-order valence-electron chi connectivity index (χ1n) is 6.11. The maximum absolute atomic E-state index is 11.7. The monoisotopic (exact) mass is 311 g/mol. The summed E-state index contributed by atoms with van der Waals surface area (Å²) >= 11 is 3.49. The fourth-order valence-corrected chi connectivity index (χ4v) is 2.69. The van der Waals surface area contributed by atoms with Crippen molar-refractivity contribution in [3.05, 3.63) is 28.2 Å². The summed E-state index contributed by atoms with van der Waals surface area (Å²) in [6.07, 6.45) is 0. The molecule has 1 heterocycles. The molecule has 1 aromatic carbocycles. The zero-order valence-electron chi connectivity index (χ0n) is 10.7. The lowest BCUT2D eigenvalue weighted by Crippen LogP contribution is -2.54. The molecule has 4 nitrogen and oxygen atoms in total. The van der Waals surface area contributed by atoms with Crippen LogP contribution in [0.2, 0.25) is 0 Å². The number of nitrogens with zero attached hydrogens (tertiary/aromatic N) is 1. The number of hydrogen-bond acceptors (Lipinski definition) is 3. The number of hydrogen-bond donors (Lipinski definition) is 2. The van der Waals surface area contributed by atoms with Gasteiger partial charge in [-0.3, -0.25) is 4.79 Å². The van der Waals surface area contributed by atoms with Crippen LogP contribution in [0.25, 0.3) is 0 Å². The Morgan fingerprint density at radius 2 is 2.33 bits per heavy atom. The molecule has 2 rings (SSSR count). The summed E-state index contributed by atoms with van der Waals surface area (Å²) in [5.74, 6) is 0.0968. The highest BCUT2D eigenvalue weighted by molar-refractivity contribution is 9.10. The minimum absolute atomic E-state index is 0.0968. The van der Waals surface area contributed by atoms with Gasteiger partial charge in [-0.25, -0.2) is 0 Å². The molecule has 0 spiro atoms. The Bertz CT molecular complexity index is 450. The Labute approximate surface area is 116 Å². The summed E-state index contributed by atoms with van der Waals surface area (Å²) in [7, 11) is 1.93. The molecule has 0 saturated carbocycles. The third kappa shape index (κ3) is 2.67. The van der Waals surface area contributed by atoms with E-state index in [1.165, 1.54) is 5.56 Å². The highest BCUT2D eigenvalue weighted by atomic mass is 79.9. The van der Waals surface area contributed by atoms with Crippen molar-refractivity contribution >= 4 is 27.5 Å². The predicted molar refractivity (Wildman–Crippen MR) is 76.7 cm³/mol. The Morgan fingerprint density at radius 1 is 1.56 bits per heavy atom. The molecule has 1 fully saturated rings. The van der Waals surface area contributed by atoms with E-state index in [9.17, 15) is 4.79 Å². The van der Waals surface area contributed by atoms with Crippen LogP contribution in [-0.4, -0.2) is 32.1 Å². The lowest BCUT2D eigenvalue weighted by atomic mass is 10.1. The van der Waals surface area contributed by atoms with Crippen molar-refractivity contribution in [1.29, 1.82) is 0 Å². The molecule has 1 atom stereocenters. The fourth-order valence-electron chi connectivity index (χ4n) is 2.28. The van der Waals surface area contributed by atoms with E-state index in [1.807, 2.05) is 20.0 Å². The van der Waals surface area contributed by atoms with Crippen molar-refractivity contribution < 1.29 is 4.79 Å². The topological polar surface area (TPSA) is 44.4 Å². The summed E-state index contributed by atoms with van der Waals surface area (Å²) in [5, 5.41) is 6.06. The molecule has 0 bridgehead atoms. The normalized spacial score (nSPS) is 19.8. The number of anilines is 1. The predicted octanol–water partition coefficient (Wildman–Crippen LogP) is 1.49. The largest absolute Gasteiger partial charge is 0.358 e. The van der Waals surface area contributed by atoms with Crippen molar-refractivity contribution in [2.75, 3.05) is 25.0 Å². The van der Waals surface area contributed by atoms with Gasteiger partial charge in [0.25, 0.3) is 0 Å². The Kier molecular flexibility index (Phi) is 4.24. The average molecular weight is 312 g/mol. The molecule has 1 aromatic rings. The van der Waals surface area contributed by atoms with Crippen LogP contribution >= 0.6 is 15.9 Å². The SMILES string of the molecule is CNCc1cc(Br)ccc1N1CCNC(=O)C1C. The lowest BCUT2D eigenvalue weighted by Gasteiger charge is -2.36. The number of carbonyl (C=O) groups excluding carboxylic acids is 1. The quantitative estimate of drug-likeness (QED) is 0.889. The molecular formula is C13H18BrN3O. The molecule has 0 radical (unpaired) electrons. The zero-order chi connectivity index (χ0) is 13.1. The number of nitrogens with one attached hydrogen (secondary N) is 2. The summed E-state index contributed by atoms with van der Waals surface area (Å²) in [6, 6.07) is 6.08. The molecule has 18 heavy (non-hydrogen) atoms. The first-order valence-corrected chi connectivity index (χ1v) is 6.90. The van der Waals surface area contributed by atoms with E-state index in [2.05, 4.69) is 43.6 Å². The van der Waals surface area contributed by atoms with Crippen molar-refractivity contribution in [3.8, 4) is 0 Å². The second-order valence-corrected chi connectivity index (χ2v) is 5.38. The molecule has 1 aliphatic heterocycles. The molecule has 0 aliphatic carbocycles. The third-order valence-electron chi connectivity index (χ3n) is 3.22. The van der Waals surface area contributed by atoms with E-state index in [4.69, 9.17) is 0 Å². The summed E-state index contributed by atoms with van der Waals surface area (Å²) in [6.45, 7) is 4.29. The molecule has 2 N–H and O–H groups in total. The number of halogens is 1. The van der Waals surface area contributed by atoms with Crippen molar-refractivity contribution in [2.24, 2.45) is 0 Å². The van der Waals surface area contributed by atoms with E-state index in [-0.39, 0.29) is 11.9 Å². The highest BCUT2D eigenvalue weighted by Crippen LogP contribution is 2.27. The Balaban J connectivity index is 2.33. The number of carbonyl (C=O) groups is 1. The van der Waals surface area contributed by atoms with Crippen LogP contribution in [0.4, 0.5) is 5.69 Å². The Morgan fingerprint density at radius 3 is 3.06 bits per heavy atom. The zero-order valence-corrected chi connectivity index (χ0v) is 12.3. The van der Waals surface area contributed by atoms with E-state index in [0.29, 0.717) is 6.54 Å². The molecular weight excluding hydrogens is 294 g/mol. The maximum atomic E-state index is 11.7. The van der Waals surface area contributed by atoms with Gasteiger partial charge in [0.2, 0.25) is 5.91 Å². The number of piperazine rings is 1. The molecule has 1 saturated heterocycles. The second kappa shape index (κ2) is 5.71.